The molecule has 1 aromatic carbocycles. The normalized spacial score (nSPS) is 12.3. The Morgan fingerprint density at radius 2 is 2.05 bits per heavy atom. The highest BCUT2D eigenvalue weighted by atomic mass is 16.5. The smallest absolute Gasteiger partial charge is 0.326 e. The van der Waals surface area contributed by atoms with Gasteiger partial charge in [0.05, 0.1) is 7.11 Å². The van der Waals surface area contributed by atoms with Crippen LogP contribution >= 0.6 is 0 Å². The Balaban J connectivity index is 2.68. The molecule has 19 heavy (non-hydrogen) atoms. The molecule has 1 N–H and O–H groups in total. The first-order valence-electron chi connectivity index (χ1n) is 6.48. The molecule has 4 heteroatoms. The van der Waals surface area contributed by atoms with E-state index in [1.807, 2.05) is 12.1 Å². The number of benzene rings is 1. The van der Waals surface area contributed by atoms with Crippen molar-refractivity contribution in [1.29, 1.82) is 0 Å². The third kappa shape index (κ3) is 4.24. The average molecular weight is 265 g/mol. The molecule has 1 aromatic rings. The summed E-state index contributed by atoms with van der Waals surface area (Å²) in [5.74, 6) is 0.943. The summed E-state index contributed by atoms with van der Waals surface area (Å²) in [5.41, 5.74) is 2.51. The Kier molecular flexibility index (Phi) is 5.83. The molecule has 0 aliphatic rings. The fourth-order valence-electron chi connectivity index (χ4n) is 1.98. The van der Waals surface area contributed by atoms with Crippen molar-refractivity contribution >= 4 is 5.97 Å². The second kappa shape index (κ2) is 7.14. The number of rotatable bonds is 6. The highest BCUT2D eigenvalue weighted by Crippen LogP contribution is 2.23. The maximum Gasteiger partial charge on any atom is 0.326 e. The number of hydrogen-bond acceptors (Lipinski definition) is 4. The van der Waals surface area contributed by atoms with Crippen LogP contribution in [0.2, 0.25) is 0 Å². The SMILES string of the molecule is CNC(COc1ccc(C(C)C)c(C)c1)C(=O)OC. The lowest BCUT2D eigenvalue weighted by atomic mass is 9.98. The van der Waals surface area contributed by atoms with Gasteiger partial charge in [0.15, 0.2) is 0 Å². The minimum absolute atomic E-state index is 0.254. The molecule has 0 amide bonds. The van der Waals surface area contributed by atoms with Crippen molar-refractivity contribution in [3.05, 3.63) is 29.3 Å². The molecule has 0 heterocycles. The van der Waals surface area contributed by atoms with Gasteiger partial charge in [-0.25, -0.2) is 0 Å². The highest BCUT2D eigenvalue weighted by molar-refractivity contribution is 5.75. The highest BCUT2D eigenvalue weighted by Gasteiger charge is 2.17. The molecule has 0 aliphatic heterocycles. The van der Waals surface area contributed by atoms with Crippen molar-refractivity contribution in [3.63, 3.8) is 0 Å². The maximum absolute atomic E-state index is 11.4. The van der Waals surface area contributed by atoms with E-state index in [4.69, 9.17) is 4.74 Å². The lowest BCUT2D eigenvalue weighted by molar-refractivity contribution is -0.143. The summed E-state index contributed by atoms with van der Waals surface area (Å²) in [6, 6.07) is 5.56. The Hall–Kier alpha value is -1.55. The van der Waals surface area contributed by atoms with E-state index in [0.29, 0.717) is 5.92 Å². The summed E-state index contributed by atoms with van der Waals surface area (Å²) < 4.78 is 10.3. The van der Waals surface area contributed by atoms with Crippen molar-refractivity contribution in [2.75, 3.05) is 20.8 Å². The van der Waals surface area contributed by atoms with E-state index in [1.165, 1.54) is 18.2 Å². The van der Waals surface area contributed by atoms with Crippen LogP contribution in [0.5, 0.6) is 5.75 Å². The second-order valence-electron chi connectivity index (χ2n) is 4.85. The number of hydrogen-bond donors (Lipinski definition) is 1. The Morgan fingerprint density at radius 1 is 1.37 bits per heavy atom. The van der Waals surface area contributed by atoms with E-state index in [9.17, 15) is 4.79 Å². The summed E-state index contributed by atoms with van der Waals surface area (Å²) in [6.45, 7) is 6.65. The topological polar surface area (TPSA) is 47.6 Å². The Labute approximate surface area is 115 Å². The number of esters is 1. The fourth-order valence-corrected chi connectivity index (χ4v) is 1.98. The van der Waals surface area contributed by atoms with E-state index in [-0.39, 0.29) is 12.6 Å². The zero-order valence-corrected chi connectivity index (χ0v) is 12.3. The number of methoxy groups -OCH3 is 1. The van der Waals surface area contributed by atoms with Crippen LogP contribution in [0.3, 0.4) is 0 Å². The van der Waals surface area contributed by atoms with E-state index < -0.39 is 6.04 Å². The molecule has 0 bridgehead atoms. The first-order valence-corrected chi connectivity index (χ1v) is 6.48. The van der Waals surface area contributed by atoms with Gasteiger partial charge in [0, 0.05) is 0 Å². The Bertz CT molecular complexity index is 429. The quantitative estimate of drug-likeness (QED) is 0.801. The molecule has 0 aromatic heterocycles. The predicted octanol–water partition coefficient (Wildman–Crippen LogP) is 2.26. The zero-order valence-electron chi connectivity index (χ0n) is 12.3. The van der Waals surface area contributed by atoms with Gasteiger partial charge < -0.3 is 14.8 Å². The van der Waals surface area contributed by atoms with E-state index in [2.05, 4.69) is 36.9 Å². The molecule has 0 aliphatic carbocycles. The molecule has 4 nitrogen and oxygen atoms in total. The van der Waals surface area contributed by atoms with Crippen molar-refractivity contribution < 1.29 is 14.3 Å². The number of aryl methyl sites for hydroxylation is 1. The number of nitrogens with one attached hydrogen (secondary N) is 1. The van der Waals surface area contributed by atoms with Gasteiger partial charge in [0.2, 0.25) is 0 Å². The number of carbonyl (C=O) groups excluding carboxylic acids is 1. The summed E-state index contributed by atoms with van der Waals surface area (Å²) in [6.07, 6.45) is 0. The summed E-state index contributed by atoms with van der Waals surface area (Å²) in [5, 5.41) is 2.87. The van der Waals surface area contributed by atoms with Gasteiger partial charge in [-0.05, 0) is 43.1 Å². The molecule has 0 saturated carbocycles. The minimum Gasteiger partial charge on any atom is -0.491 e. The van der Waals surface area contributed by atoms with Crippen LogP contribution in [0.15, 0.2) is 18.2 Å². The first-order chi connectivity index (χ1) is 8.99. The summed E-state index contributed by atoms with van der Waals surface area (Å²) in [4.78, 5) is 11.4. The van der Waals surface area contributed by atoms with Crippen LogP contribution in [0, 0.1) is 6.92 Å². The van der Waals surface area contributed by atoms with Crippen LogP contribution in [0.25, 0.3) is 0 Å². The van der Waals surface area contributed by atoms with E-state index in [0.717, 1.165) is 5.75 Å². The van der Waals surface area contributed by atoms with Gasteiger partial charge in [-0.1, -0.05) is 19.9 Å². The second-order valence-corrected chi connectivity index (χ2v) is 4.85. The van der Waals surface area contributed by atoms with Gasteiger partial charge in [-0.3, -0.25) is 4.79 Å². The van der Waals surface area contributed by atoms with Crippen LogP contribution in [0.4, 0.5) is 0 Å². The zero-order chi connectivity index (χ0) is 14.4. The van der Waals surface area contributed by atoms with Crippen LogP contribution in [0.1, 0.15) is 30.9 Å². The van der Waals surface area contributed by atoms with Crippen molar-refractivity contribution in [2.24, 2.45) is 0 Å². The van der Waals surface area contributed by atoms with Crippen LogP contribution in [-0.2, 0) is 9.53 Å². The minimum atomic E-state index is -0.449. The predicted molar refractivity (Wildman–Crippen MR) is 75.6 cm³/mol. The van der Waals surface area contributed by atoms with E-state index in [1.54, 1.807) is 7.05 Å². The average Bonchev–Trinajstić information content (AvgIpc) is 2.38. The monoisotopic (exact) mass is 265 g/mol. The van der Waals surface area contributed by atoms with Gasteiger partial charge in [0.1, 0.15) is 18.4 Å². The number of likely N-dealkylation sites (N-methyl/N-ethyl adjacent to an activating group) is 1. The van der Waals surface area contributed by atoms with Crippen LogP contribution < -0.4 is 10.1 Å². The van der Waals surface area contributed by atoms with Gasteiger partial charge in [-0.2, -0.15) is 0 Å². The third-order valence-electron chi connectivity index (χ3n) is 3.11. The largest absolute Gasteiger partial charge is 0.491 e. The van der Waals surface area contributed by atoms with Crippen LogP contribution in [-0.4, -0.2) is 32.8 Å². The molecule has 1 rings (SSSR count). The fraction of sp³-hybridized carbons (Fsp3) is 0.533. The van der Waals surface area contributed by atoms with Crippen molar-refractivity contribution in [1.82, 2.24) is 5.32 Å². The molecular formula is C15H23NO3. The standard InChI is InChI=1S/C15H23NO3/c1-10(2)13-7-6-12(8-11(13)3)19-9-14(16-4)15(17)18-5/h6-8,10,14,16H,9H2,1-5H3. The molecule has 0 radical (unpaired) electrons. The number of carbonyl (C=O) groups is 1. The molecule has 0 fully saturated rings. The third-order valence-corrected chi connectivity index (χ3v) is 3.11. The molecule has 106 valence electrons. The molecular weight excluding hydrogens is 242 g/mol. The van der Waals surface area contributed by atoms with Crippen molar-refractivity contribution in [3.8, 4) is 5.75 Å². The molecule has 1 atom stereocenters. The first kappa shape index (κ1) is 15.5. The van der Waals surface area contributed by atoms with Gasteiger partial charge in [-0.15, -0.1) is 0 Å². The molecule has 0 spiro atoms. The lowest BCUT2D eigenvalue weighted by Crippen LogP contribution is -2.40. The lowest BCUT2D eigenvalue weighted by Gasteiger charge is -2.16. The number of ether oxygens (including phenoxy) is 2. The maximum atomic E-state index is 11.4. The Morgan fingerprint density at radius 3 is 2.53 bits per heavy atom. The molecule has 1 unspecified atom stereocenters. The summed E-state index contributed by atoms with van der Waals surface area (Å²) in [7, 11) is 3.08. The molecule has 0 saturated heterocycles. The van der Waals surface area contributed by atoms with Gasteiger partial charge >= 0.3 is 5.97 Å². The van der Waals surface area contributed by atoms with E-state index >= 15 is 0 Å². The van der Waals surface area contributed by atoms with Gasteiger partial charge in [0.25, 0.3) is 0 Å². The summed E-state index contributed by atoms with van der Waals surface area (Å²) >= 11 is 0. The van der Waals surface area contributed by atoms with Crippen molar-refractivity contribution in [2.45, 2.75) is 32.7 Å².